The van der Waals surface area contributed by atoms with Crippen LogP contribution in [0.25, 0.3) is 22.6 Å². The molecule has 0 amide bonds. The number of rotatable bonds is 9. The highest BCUT2D eigenvalue weighted by Gasteiger charge is 2.30. The van der Waals surface area contributed by atoms with Crippen LogP contribution in [-0.2, 0) is 12.7 Å². The van der Waals surface area contributed by atoms with Crippen molar-refractivity contribution < 1.29 is 13.2 Å². The van der Waals surface area contributed by atoms with Crippen molar-refractivity contribution in [2.75, 3.05) is 11.9 Å². The first-order chi connectivity index (χ1) is 18.3. The molecule has 196 valence electrons. The molecule has 0 bridgehead atoms. The van der Waals surface area contributed by atoms with Gasteiger partial charge in [-0.1, -0.05) is 68.0 Å². The van der Waals surface area contributed by atoms with E-state index in [0.717, 1.165) is 42.0 Å². The maximum atomic E-state index is 13.1. The van der Waals surface area contributed by atoms with Crippen LogP contribution >= 0.6 is 0 Å². The number of nitriles is 1. The molecule has 2 heterocycles. The molecular weight excluding hydrogens is 489 g/mol. The Bertz CT molecular complexity index is 1460. The van der Waals surface area contributed by atoms with Gasteiger partial charge in [-0.15, -0.1) is 0 Å². The van der Waals surface area contributed by atoms with Crippen LogP contribution in [0.3, 0.4) is 0 Å². The van der Waals surface area contributed by atoms with Crippen LogP contribution in [0.15, 0.2) is 48.5 Å². The van der Waals surface area contributed by atoms with E-state index in [1.165, 1.54) is 37.8 Å². The summed E-state index contributed by atoms with van der Waals surface area (Å²) in [7, 11) is 0. The normalized spacial score (nSPS) is 13.9. The van der Waals surface area contributed by atoms with Gasteiger partial charge in [0.15, 0.2) is 11.5 Å². The summed E-state index contributed by atoms with van der Waals surface area (Å²) in [6, 6.07) is 15.0. The molecular formula is C29H29F3N6. The van der Waals surface area contributed by atoms with Gasteiger partial charge in [0.05, 0.1) is 5.56 Å². The lowest BCUT2D eigenvalue weighted by molar-refractivity contribution is -0.137. The van der Waals surface area contributed by atoms with Crippen molar-refractivity contribution in [3.63, 3.8) is 0 Å². The van der Waals surface area contributed by atoms with Gasteiger partial charge in [0.1, 0.15) is 17.4 Å². The van der Waals surface area contributed by atoms with E-state index in [-0.39, 0.29) is 12.4 Å². The summed E-state index contributed by atoms with van der Waals surface area (Å²) in [5, 5.41) is 12.9. The number of nitrogens with one attached hydrogen (secondary N) is 1. The van der Waals surface area contributed by atoms with Gasteiger partial charge < -0.3 is 9.88 Å². The smallest absolute Gasteiger partial charge is 0.368 e. The third-order valence-electron chi connectivity index (χ3n) is 7.16. The van der Waals surface area contributed by atoms with Gasteiger partial charge in [-0.2, -0.15) is 28.4 Å². The zero-order valence-corrected chi connectivity index (χ0v) is 21.2. The van der Waals surface area contributed by atoms with Crippen molar-refractivity contribution in [2.24, 2.45) is 5.92 Å². The van der Waals surface area contributed by atoms with E-state index in [0.29, 0.717) is 34.9 Å². The fraction of sp³-hybridized carbons (Fsp3) is 0.379. The second-order valence-corrected chi connectivity index (χ2v) is 9.99. The lowest BCUT2D eigenvalue weighted by Gasteiger charge is -2.25. The molecule has 9 heteroatoms. The lowest BCUT2D eigenvalue weighted by atomic mass is 9.82. The van der Waals surface area contributed by atoms with Crippen LogP contribution in [0.2, 0.25) is 0 Å². The maximum Gasteiger partial charge on any atom is 0.416 e. The van der Waals surface area contributed by atoms with Crippen LogP contribution in [-0.4, -0.2) is 26.1 Å². The van der Waals surface area contributed by atoms with Crippen LogP contribution in [0.5, 0.6) is 0 Å². The minimum Gasteiger partial charge on any atom is -0.368 e. The van der Waals surface area contributed by atoms with Crippen LogP contribution in [0.1, 0.15) is 61.0 Å². The molecule has 1 fully saturated rings. The van der Waals surface area contributed by atoms with Gasteiger partial charge in [-0.3, -0.25) is 0 Å². The molecule has 4 aromatic rings. The highest BCUT2D eigenvalue weighted by molar-refractivity contribution is 5.87. The summed E-state index contributed by atoms with van der Waals surface area (Å²) in [6.07, 6.45) is 2.92. The molecule has 0 saturated heterocycles. The molecule has 0 spiro atoms. The SMILES string of the molecule is Cc1cccc(-c2nc3nc(C#N)nc(NCCCCC4CCC4)c3n2Cc2ccc(C(F)(F)F)cc2)c1. The van der Waals surface area contributed by atoms with Crippen molar-refractivity contribution in [3.05, 3.63) is 71.0 Å². The number of benzene rings is 2. The number of unbranched alkanes of at least 4 members (excludes halogenated alkanes) is 1. The topological polar surface area (TPSA) is 79.4 Å². The lowest BCUT2D eigenvalue weighted by Crippen LogP contribution is -2.12. The van der Waals surface area contributed by atoms with Gasteiger partial charge in [-0.05, 0) is 43.0 Å². The number of hydrogen-bond acceptors (Lipinski definition) is 5. The molecule has 1 aliphatic carbocycles. The molecule has 0 atom stereocenters. The van der Waals surface area contributed by atoms with Gasteiger partial charge in [0.25, 0.3) is 0 Å². The zero-order valence-electron chi connectivity index (χ0n) is 21.2. The first-order valence-electron chi connectivity index (χ1n) is 13.0. The zero-order chi connectivity index (χ0) is 26.7. The van der Waals surface area contributed by atoms with Gasteiger partial charge >= 0.3 is 6.18 Å². The number of aromatic nitrogens is 4. The molecule has 1 saturated carbocycles. The first-order valence-corrected chi connectivity index (χ1v) is 13.0. The molecule has 2 aromatic carbocycles. The van der Waals surface area contributed by atoms with Gasteiger partial charge in [0.2, 0.25) is 5.82 Å². The standard InChI is InChI=1S/C29H29F3N6/c1-19-6-4-10-22(16-19)28-37-27-25(38(28)18-21-11-13-23(14-12-21)29(30,31)32)26(35-24(17-33)36-27)34-15-3-2-7-20-8-5-9-20/h4,6,10-14,16,20H,2-3,5,7-9,15,18H2,1H3,(H,34,35,36). The second kappa shape index (κ2) is 10.8. The minimum absolute atomic E-state index is 0.0180. The number of hydrogen-bond donors (Lipinski definition) is 1. The summed E-state index contributed by atoms with van der Waals surface area (Å²) >= 11 is 0. The Hall–Kier alpha value is -3.93. The number of nitrogens with zero attached hydrogens (tertiary/aromatic N) is 5. The fourth-order valence-corrected chi connectivity index (χ4v) is 4.90. The van der Waals surface area contributed by atoms with Crippen molar-refractivity contribution in [1.82, 2.24) is 19.5 Å². The van der Waals surface area contributed by atoms with Crippen molar-refractivity contribution in [3.8, 4) is 17.5 Å². The second-order valence-electron chi connectivity index (χ2n) is 9.99. The molecule has 5 rings (SSSR count). The van der Waals surface area contributed by atoms with Crippen LogP contribution in [0, 0.1) is 24.2 Å². The van der Waals surface area contributed by atoms with E-state index in [1.54, 1.807) is 0 Å². The largest absolute Gasteiger partial charge is 0.416 e. The number of fused-ring (bicyclic) bond motifs is 1. The maximum absolute atomic E-state index is 13.1. The number of anilines is 1. The van der Waals surface area contributed by atoms with Gasteiger partial charge in [0, 0.05) is 18.7 Å². The van der Waals surface area contributed by atoms with Crippen molar-refractivity contribution in [2.45, 2.75) is 58.2 Å². The molecule has 0 aliphatic heterocycles. The molecule has 6 nitrogen and oxygen atoms in total. The number of aryl methyl sites for hydroxylation is 1. The number of halogens is 3. The number of imidazole rings is 1. The third-order valence-corrected chi connectivity index (χ3v) is 7.16. The summed E-state index contributed by atoms with van der Waals surface area (Å²) in [6.45, 7) is 2.94. The van der Waals surface area contributed by atoms with Crippen molar-refractivity contribution in [1.29, 1.82) is 5.26 Å². The minimum atomic E-state index is -4.40. The third kappa shape index (κ3) is 5.64. The molecule has 1 aliphatic rings. The van der Waals surface area contributed by atoms with E-state index >= 15 is 0 Å². The average molecular weight is 519 g/mol. The summed E-state index contributed by atoms with van der Waals surface area (Å²) in [5.41, 5.74) is 2.88. The highest BCUT2D eigenvalue weighted by Crippen LogP contribution is 2.33. The molecule has 1 N–H and O–H groups in total. The Kier molecular flexibility index (Phi) is 7.32. The summed E-state index contributed by atoms with van der Waals surface area (Å²) in [5.74, 6) is 1.99. The Morgan fingerprint density at radius 2 is 1.84 bits per heavy atom. The molecule has 38 heavy (non-hydrogen) atoms. The summed E-state index contributed by atoms with van der Waals surface area (Å²) < 4.78 is 41.3. The monoisotopic (exact) mass is 518 g/mol. The Balaban J connectivity index is 1.52. The van der Waals surface area contributed by atoms with E-state index in [4.69, 9.17) is 4.98 Å². The van der Waals surface area contributed by atoms with Gasteiger partial charge in [-0.25, -0.2) is 4.98 Å². The quantitative estimate of drug-likeness (QED) is 0.239. The van der Waals surface area contributed by atoms with Crippen molar-refractivity contribution >= 4 is 17.0 Å². The fourth-order valence-electron chi connectivity index (χ4n) is 4.90. The molecule has 0 unspecified atom stereocenters. The van der Waals surface area contributed by atoms with E-state index < -0.39 is 11.7 Å². The Morgan fingerprint density at radius 1 is 1.05 bits per heavy atom. The average Bonchev–Trinajstić information content (AvgIpc) is 3.23. The highest BCUT2D eigenvalue weighted by atomic mass is 19.4. The number of alkyl halides is 3. The van der Waals surface area contributed by atoms with E-state index in [9.17, 15) is 18.4 Å². The van der Waals surface area contributed by atoms with Crippen LogP contribution < -0.4 is 5.32 Å². The van der Waals surface area contributed by atoms with E-state index in [2.05, 4.69) is 15.3 Å². The molecule has 2 aromatic heterocycles. The molecule has 0 radical (unpaired) electrons. The summed E-state index contributed by atoms with van der Waals surface area (Å²) in [4.78, 5) is 13.6. The predicted molar refractivity (Wildman–Crippen MR) is 140 cm³/mol. The van der Waals surface area contributed by atoms with E-state index in [1.807, 2.05) is 41.8 Å². The van der Waals surface area contributed by atoms with Crippen LogP contribution in [0.4, 0.5) is 19.0 Å². The first kappa shape index (κ1) is 25.7. The Morgan fingerprint density at radius 3 is 2.50 bits per heavy atom. The Labute approximate surface area is 219 Å². The predicted octanol–water partition coefficient (Wildman–Crippen LogP) is 7.12.